The van der Waals surface area contributed by atoms with Crippen LogP contribution in [-0.4, -0.2) is 31.1 Å². The van der Waals surface area contributed by atoms with Crippen LogP contribution in [0.2, 0.25) is 5.02 Å². The van der Waals surface area contributed by atoms with E-state index in [-0.39, 0.29) is 5.69 Å². The maximum Gasteiger partial charge on any atom is 0.167 e. The zero-order chi connectivity index (χ0) is 13.0. The second kappa shape index (κ2) is 6.34. The van der Waals surface area contributed by atoms with Gasteiger partial charge in [0, 0.05) is 6.54 Å². The number of rotatable bonds is 5. The third kappa shape index (κ3) is 3.33. The fourth-order valence-electron chi connectivity index (χ4n) is 2.19. The van der Waals surface area contributed by atoms with E-state index in [1.54, 1.807) is 0 Å². The molecule has 0 bridgehead atoms. The van der Waals surface area contributed by atoms with E-state index in [2.05, 4.69) is 10.2 Å². The Morgan fingerprint density at radius 2 is 1.94 bits per heavy atom. The molecule has 0 saturated carbocycles. The van der Waals surface area contributed by atoms with Gasteiger partial charge >= 0.3 is 0 Å². The lowest BCUT2D eigenvalue weighted by molar-refractivity contribution is 0.337. The van der Waals surface area contributed by atoms with Crippen molar-refractivity contribution in [1.82, 2.24) is 4.90 Å². The summed E-state index contributed by atoms with van der Waals surface area (Å²) < 4.78 is 26.5. The summed E-state index contributed by atoms with van der Waals surface area (Å²) in [6, 6.07) is 2.56. The van der Waals surface area contributed by atoms with Crippen molar-refractivity contribution >= 4 is 17.3 Å². The van der Waals surface area contributed by atoms with Crippen LogP contribution >= 0.6 is 11.6 Å². The van der Waals surface area contributed by atoms with Crippen LogP contribution in [-0.2, 0) is 0 Å². The van der Waals surface area contributed by atoms with Gasteiger partial charge in [-0.1, -0.05) is 11.6 Å². The van der Waals surface area contributed by atoms with Crippen LogP contribution in [0.1, 0.15) is 19.3 Å². The van der Waals surface area contributed by atoms with Gasteiger partial charge in [0.1, 0.15) is 10.8 Å². The Bertz CT molecular complexity index is 406. The molecule has 0 amide bonds. The van der Waals surface area contributed by atoms with Crippen molar-refractivity contribution in [2.75, 3.05) is 31.5 Å². The molecule has 0 atom stereocenters. The molecule has 100 valence electrons. The van der Waals surface area contributed by atoms with Crippen LogP contribution in [0.4, 0.5) is 14.5 Å². The van der Waals surface area contributed by atoms with Gasteiger partial charge in [0.15, 0.2) is 5.82 Å². The molecule has 2 nitrogen and oxygen atoms in total. The van der Waals surface area contributed by atoms with Gasteiger partial charge < -0.3 is 10.2 Å². The monoisotopic (exact) mass is 274 g/mol. The van der Waals surface area contributed by atoms with Crippen LogP contribution in [0.3, 0.4) is 0 Å². The van der Waals surface area contributed by atoms with Crippen molar-refractivity contribution in [3.63, 3.8) is 0 Å². The number of nitrogens with one attached hydrogen (secondary N) is 1. The van der Waals surface area contributed by atoms with Crippen LogP contribution in [0.25, 0.3) is 0 Å². The Hall–Kier alpha value is -0.870. The van der Waals surface area contributed by atoms with Crippen LogP contribution in [0.5, 0.6) is 0 Å². The summed E-state index contributed by atoms with van der Waals surface area (Å²) in [5.41, 5.74) is 0.267. The first-order valence-corrected chi connectivity index (χ1v) is 6.66. The number of hydrogen-bond donors (Lipinski definition) is 1. The minimum atomic E-state index is -0.725. The maximum absolute atomic E-state index is 13.5. The first-order valence-electron chi connectivity index (χ1n) is 6.28. The number of anilines is 1. The van der Waals surface area contributed by atoms with Crippen molar-refractivity contribution < 1.29 is 8.78 Å². The first-order chi connectivity index (χ1) is 8.68. The van der Waals surface area contributed by atoms with Gasteiger partial charge in [-0.25, -0.2) is 8.78 Å². The zero-order valence-electron chi connectivity index (χ0n) is 10.2. The molecule has 0 aliphatic carbocycles. The molecule has 1 aliphatic rings. The third-order valence-electron chi connectivity index (χ3n) is 3.20. The Kier molecular flexibility index (Phi) is 4.78. The molecular weight excluding hydrogens is 258 g/mol. The molecule has 1 aromatic rings. The normalized spacial score (nSPS) is 16.2. The minimum absolute atomic E-state index is 0.267. The summed E-state index contributed by atoms with van der Waals surface area (Å²) >= 11 is 5.50. The molecule has 0 spiro atoms. The molecule has 1 heterocycles. The van der Waals surface area contributed by atoms with Crippen molar-refractivity contribution in [3.8, 4) is 0 Å². The van der Waals surface area contributed by atoms with Crippen LogP contribution in [0, 0.1) is 11.6 Å². The van der Waals surface area contributed by atoms with Gasteiger partial charge in [-0.3, -0.25) is 0 Å². The fourth-order valence-corrected chi connectivity index (χ4v) is 2.36. The number of halogens is 3. The fraction of sp³-hybridized carbons (Fsp3) is 0.538. The molecule has 1 aromatic carbocycles. The summed E-state index contributed by atoms with van der Waals surface area (Å²) in [5.74, 6) is -1.44. The quantitative estimate of drug-likeness (QED) is 0.653. The predicted octanol–water partition coefficient (Wildman–Crippen LogP) is 3.52. The topological polar surface area (TPSA) is 15.3 Å². The van der Waals surface area contributed by atoms with Crippen molar-refractivity contribution in [3.05, 3.63) is 28.8 Å². The highest BCUT2D eigenvalue weighted by molar-refractivity contribution is 6.31. The third-order valence-corrected chi connectivity index (χ3v) is 3.55. The Labute approximate surface area is 111 Å². The second-order valence-corrected chi connectivity index (χ2v) is 4.93. The molecule has 0 unspecified atom stereocenters. The van der Waals surface area contributed by atoms with Gasteiger partial charge in [0.25, 0.3) is 0 Å². The zero-order valence-corrected chi connectivity index (χ0v) is 10.9. The highest BCUT2D eigenvalue weighted by atomic mass is 35.5. The summed E-state index contributed by atoms with van der Waals surface area (Å²) in [7, 11) is 0. The van der Waals surface area contributed by atoms with Crippen molar-refractivity contribution in [2.45, 2.75) is 19.3 Å². The Morgan fingerprint density at radius 1 is 1.22 bits per heavy atom. The molecular formula is C13H17ClF2N2. The van der Waals surface area contributed by atoms with Crippen molar-refractivity contribution in [2.24, 2.45) is 0 Å². The van der Waals surface area contributed by atoms with Crippen molar-refractivity contribution in [1.29, 1.82) is 0 Å². The van der Waals surface area contributed by atoms with Crippen LogP contribution in [0.15, 0.2) is 12.1 Å². The van der Waals surface area contributed by atoms with E-state index in [4.69, 9.17) is 11.6 Å². The second-order valence-electron chi connectivity index (χ2n) is 4.55. The smallest absolute Gasteiger partial charge is 0.167 e. The standard InChI is InChI=1S/C13H17ClF2N2/c14-12-10(15)4-5-11(13(12)16)17-6-3-9-18-7-1-2-8-18/h4-5,17H,1-3,6-9H2. The van der Waals surface area contributed by atoms with E-state index in [0.29, 0.717) is 6.54 Å². The van der Waals surface area contributed by atoms with E-state index in [0.717, 1.165) is 26.1 Å². The molecule has 1 aliphatic heterocycles. The first kappa shape index (κ1) is 13.6. The summed E-state index contributed by atoms with van der Waals surface area (Å²) in [4.78, 5) is 2.40. The van der Waals surface area contributed by atoms with E-state index in [1.807, 2.05) is 0 Å². The maximum atomic E-state index is 13.5. The highest BCUT2D eigenvalue weighted by Crippen LogP contribution is 2.25. The number of hydrogen-bond acceptors (Lipinski definition) is 2. The molecule has 2 rings (SSSR count). The Balaban J connectivity index is 1.77. The SMILES string of the molecule is Fc1ccc(NCCCN2CCCC2)c(F)c1Cl. The van der Waals surface area contributed by atoms with Gasteiger partial charge in [-0.15, -0.1) is 0 Å². The van der Waals surface area contributed by atoms with E-state index < -0.39 is 16.7 Å². The summed E-state index contributed by atoms with van der Waals surface area (Å²) in [6.45, 7) is 4.01. The average Bonchev–Trinajstić information content (AvgIpc) is 2.87. The molecule has 0 aromatic heterocycles. The number of likely N-dealkylation sites (tertiary alicyclic amines) is 1. The molecule has 1 fully saturated rings. The lowest BCUT2D eigenvalue weighted by atomic mass is 10.3. The highest BCUT2D eigenvalue weighted by Gasteiger charge is 2.12. The summed E-state index contributed by atoms with van der Waals surface area (Å²) in [6.07, 6.45) is 3.49. The summed E-state index contributed by atoms with van der Waals surface area (Å²) in [5, 5.41) is 2.51. The lowest BCUT2D eigenvalue weighted by Crippen LogP contribution is -2.22. The molecule has 1 N–H and O–H groups in total. The van der Waals surface area contributed by atoms with Gasteiger partial charge in [0.2, 0.25) is 0 Å². The lowest BCUT2D eigenvalue weighted by Gasteiger charge is -2.15. The Morgan fingerprint density at radius 3 is 2.67 bits per heavy atom. The van der Waals surface area contributed by atoms with E-state index in [1.165, 1.54) is 25.0 Å². The average molecular weight is 275 g/mol. The van der Waals surface area contributed by atoms with Gasteiger partial charge in [-0.2, -0.15) is 0 Å². The molecule has 0 radical (unpaired) electrons. The minimum Gasteiger partial charge on any atom is -0.383 e. The molecule has 5 heteroatoms. The van der Waals surface area contributed by atoms with Gasteiger partial charge in [-0.05, 0) is 51.0 Å². The van der Waals surface area contributed by atoms with E-state index in [9.17, 15) is 8.78 Å². The van der Waals surface area contributed by atoms with Crippen LogP contribution < -0.4 is 5.32 Å². The molecule has 1 saturated heterocycles. The van der Waals surface area contributed by atoms with Gasteiger partial charge in [0.05, 0.1) is 5.69 Å². The predicted molar refractivity (Wildman–Crippen MR) is 70.1 cm³/mol. The number of benzene rings is 1. The largest absolute Gasteiger partial charge is 0.383 e. The number of nitrogens with zero attached hydrogens (tertiary/aromatic N) is 1. The molecule has 18 heavy (non-hydrogen) atoms. The van der Waals surface area contributed by atoms with E-state index >= 15 is 0 Å².